The van der Waals surface area contributed by atoms with Gasteiger partial charge in [-0.05, 0) is 30.7 Å². The number of unbranched alkanes of at least 4 members (excludes halogenated alkanes) is 22. The molecule has 2 rings (SSSR count). The molecule has 2 atom stereocenters. The summed E-state index contributed by atoms with van der Waals surface area (Å²) in [4.78, 5) is 9.48. The molecule has 0 amide bonds. The van der Waals surface area contributed by atoms with Crippen LogP contribution in [0.3, 0.4) is 0 Å². The molecule has 0 aromatic heterocycles. The minimum Gasteiger partial charge on any atom is -0.0965 e. The molecule has 2 nitrogen and oxygen atoms in total. The van der Waals surface area contributed by atoms with Crippen LogP contribution >= 0.6 is 0 Å². The summed E-state index contributed by atoms with van der Waals surface area (Å²) in [5, 5.41) is 0. The van der Waals surface area contributed by atoms with E-state index in [2.05, 4.69) is 44.2 Å². The zero-order valence-electron chi connectivity index (χ0n) is 28.2. The van der Waals surface area contributed by atoms with Gasteiger partial charge in [-0.15, -0.1) is 0 Å². The molecule has 0 spiro atoms. The standard InChI is InChI=1S/C40H69N2/c1-3-5-7-9-11-12-13-14-15-16-17-18-19-20-22-24-29-33-39(40-41-34-35-42-40)38(36-37-30-26-25-27-31-37)32-28-23-21-10-8-6-4-2/h25-27,30-31,34-35,38-39H,3-24,28-29,32-33,36H2,1-2H3/q+1. The predicted octanol–water partition coefficient (Wildman–Crippen LogP) is 13.3. The average Bonchev–Trinajstić information content (AvgIpc) is 3.55. The lowest BCUT2D eigenvalue weighted by Gasteiger charge is -2.26. The Labute approximate surface area is 263 Å². The summed E-state index contributed by atoms with van der Waals surface area (Å²) in [6.07, 6.45) is 42.6. The van der Waals surface area contributed by atoms with Gasteiger partial charge < -0.3 is 0 Å². The lowest BCUT2D eigenvalue weighted by molar-refractivity contribution is 0.284. The molecule has 1 aliphatic heterocycles. The Balaban J connectivity index is 1.62. The first-order valence-electron chi connectivity index (χ1n) is 18.8. The van der Waals surface area contributed by atoms with Crippen molar-refractivity contribution in [2.75, 3.05) is 0 Å². The van der Waals surface area contributed by atoms with Gasteiger partial charge in [-0.2, -0.15) is 0 Å². The number of hydrogen-bond acceptors (Lipinski definition) is 2. The number of aliphatic imine (C=N–C) groups is 2. The number of rotatable bonds is 30. The molecule has 1 heterocycles. The molecular formula is C40H69N2+. The van der Waals surface area contributed by atoms with Crippen molar-refractivity contribution in [3.63, 3.8) is 0 Å². The summed E-state index contributed by atoms with van der Waals surface area (Å²) in [6.45, 7) is 4.61. The molecule has 2 heteroatoms. The lowest BCUT2D eigenvalue weighted by Crippen LogP contribution is -2.22. The van der Waals surface area contributed by atoms with Crippen LogP contribution in [0.25, 0.3) is 0 Å². The van der Waals surface area contributed by atoms with Gasteiger partial charge >= 0.3 is 0 Å². The van der Waals surface area contributed by atoms with Gasteiger partial charge in [0.2, 0.25) is 6.17 Å². The van der Waals surface area contributed by atoms with Gasteiger partial charge in [0.25, 0.3) is 0 Å². The fourth-order valence-electron chi connectivity index (χ4n) is 6.83. The smallest absolute Gasteiger partial charge is 0.0965 e. The Kier molecular flexibility index (Phi) is 23.6. The summed E-state index contributed by atoms with van der Waals surface area (Å²) in [7, 11) is 0. The fraction of sp³-hybridized carbons (Fsp3) is 0.775. The summed E-state index contributed by atoms with van der Waals surface area (Å²) in [5.74, 6) is 1.14. The minimum absolute atomic E-state index is 0.497. The zero-order valence-corrected chi connectivity index (χ0v) is 28.2. The Morgan fingerprint density at radius 3 is 1.29 bits per heavy atom. The second-order valence-electron chi connectivity index (χ2n) is 13.3. The number of nitrogens with zero attached hydrogens (tertiary/aromatic N) is 2. The van der Waals surface area contributed by atoms with E-state index < -0.39 is 0 Å². The highest BCUT2D eigenvalue weighted by Crippen LogP contribution is 2.37. The van der Waals surface area contributed by atoms with Crippen LogP contribution < -0.4 is 0 Å². The third-order valence-electron chi connectivity index (χ3n) is 9.52. The van der Waals surface area contributed by atoms with Crippen LogP contribution in [0.15, 0.2) is 40.3 Å². The van der Waals surface area contributed by atoms with E-state index in [0.29, 0.717) is 11.8 Å². The third kappa shape index (κ3) is 18.9. The fourth-order valence-corrected chi connectivity index (χ4v) is 6.83. The van der Waals surface area contributed by atoms with Gasteiger partial charge in [0, 0.05) is 0 Å². The van der Waals surface area contributed by atoms with Gasteiger partial charge in [0.15, 0.2) is 12.4 Å². The van der Waals surface area contributed by atoms with Crippen molar-refractivity contribution in [2.45, 2.75) is 187 Å². The van der Waals surface area contributed by atoms with E-state index in [4.69, 9.17) is 9.98 Å². The van der Waals surface area contributed by atoms with Crippen LogP contribution in [0.4, 0.5) is 0 Å². The van der Waals surface area contributed by atoms with Gasteiger partial charge in [-0.3, -0.25) is 0 Å². The van der Waals surface area contributed by atoms with Gasteiger partial charge in [-0.25, -0.2) is 0 Å². The highest BCUT2D eigenvalue weighted by molar-refractivity contribution is 6.18. The van der Waals surface area contributed by atoms with E-state index in [1.807, 2.05) is 12.4 Å². The maximum absolute atomic E-state index is 4.74. The number of hydrogen-bond donors (Lipinski definition) is 0. The Bertz CT molecular complexity index is 742. The second-order valence-corrected chi connectivity index (χ2v) is 13.3. The van der Waals surface area contributed by atoms with Gasteiger partial charge in [-0.1, -0.05) is 208 Å². The maximum Gasteiger partial charge on any atom is 0.244 e. The summed E-state index contributed by atoms with van der Waals surface area (Å²) >= 11 is 0. The van der Waals surface area contributed by atoms with Crippen molar-refractivity contribution in [1.29, 1.82) is 0 Å². The third-order valence-corrected chi connectivity index (χ3v) is 9.52. The van der Waals surface area contributed by atoms with E-state index in [0.717, 1.165) is 12.6 Å². The van der Waals surface area contributed by atoms with Crippen LogP contribution in [0, 0.1) is 18.0 Å². The molecular weight excluding hydrogens is 508 g/mol. The Hall–Kier alpha value is -1.57. The minimum atomic E-state index is 0.497. The molecule has 0 saturated heterocycles. The summed E-state index contributed by atoms with van der Waals surface area (Å²) < 4.78 is 0. The SMILES string of the molecule is CCCCCCCCCCCCCCCCCCCC([C+]1N=CC=N1)C(CCCCCCCCC)Cc1ccccc1. The van der Waals surface area contributed by atoms with Gasteiger partial charge in [0.1, 0.15) is 0 Å². The molecule has 238 valence electrons. The van der Waals surface area contributed by atoms with Crippen molar-refractivity contribution in [1.82, 2.24) is 0 Å². The van der Waals surface area contributed by atoms with Crippen molar-refractivity contribution in [3.8, 4) is 0 Å². The van der Waals surface area contributed by atoms with E-state index in [1.54, 1.807) is 0 Å². The molecule has 1 aromatic rings. The first-order valence-corrected chi connectivity index (χ1v) is 18.8. The summed E-state index contributed by atoms with van der Waals surface area (Å²) in [5.41, 5.74) is 1.48. The van der Waals surface area contributed by atoms with Crippen molar-refractivity contribution in [2.24, 2.45) is 21.8 Å². The molecule has 2 unspecified atom stereocenters. The van der Waals surface area contributed by atoms with Crippen molar-refractivity contribution in [3.05, 3.63) is 42.1 Å². The average molecular weight is 578 g/mol. The van der Waals surface area contributed by atoms with Crippen LogP contribution in [0.1, 0.15) is 186 Å². The van der Waals surface area contributed by atoms with Crippen molar-refractivity contribution < 1.29 is 0 Å². The number of benzene rings is 1. The van der Waals surface area contributed by atoms with E-state index in [-0.39, 0.29) is 0 Å². The monoisotopic (exact) mass is 578 g/mol. The molecule has 42 heavy (non-hydrogen) atoms. The maximum atomic E-state index is 4.74. The first-order chi connectivity index (χ1) is 20.8. The van der Waals surface area contributed by atoms with Crippen LogP contribution in [-0.2, 0) is 6.42 Å². The quantitative estimate of drug-likeness (QED) is 0.0641. The molecule has 0 aliphatic carbocycles. The normalized spacial score (nSPS) is 14.2. The van der Waals surface area contributed by atoms with E-state index in [1.165, 1.54) is 173 Å². The molecule has 0 N–H and O–H groups in total. The van der Waals surface area contributed by atoms with E-state index >= 15 is 0 Å². The van der Waals surface area contributed by atoms with Crippen LogP contribution in [0.5, 0.6) is 0 Å². The largest absolute Gasteiger partial charge is 0.244 e. The molecule has 1 aliphatic rings. The van der Waals surface area contributed by atoms with Gasteiger partial charge in [0.05, 0.1) is 5.92 Å². The molecule has 1 aromatic carbocycles. The lowest BCUT2D eigenvalue weighted by atomic mass is 9.78. The van der Waals surface area contributed by atoms with Crippen molar-refractivity contribution >= 4 is 12.4 Å². The summed E-state index contributed by atoms with van der Waals surface area (Å²) in [6, 6.07) is 11.2. The Morgan fingerprint density at radius 1 is 0.476 bits per heavy atom. The highest BCUT2D eigenvalue weighted by atomic mass is 15.0. The molecule has 0 bridgehead atoms. The molecule has 0 radical (unpaired) electrons. The predicted molar refractivity (Wildman–Crippen MR) is 189 cm³/mol. The van der Waals surface area contributed by atoms with E-state index in [9.17, 15) is 0 Å². The highest BCUT2D eigenvalue weighted by Gasteiger charge is 2.35. The van der Waals surface area contributed by atoms with Crippen LogP contribution in [-0.4, -0.2) is 12.4 Å². The Morgan fingerprint density at radius 2 is 0.857 bits per heavy atom. The zero-order chi connectivity index (χ0) is 29.8. The molecule has 0 fully saturated rings. The molecule has 0 saturated carbocycles. The first kappa shape index (κ1) is 36.6. The second kappa shape index (κ2) is 27.0. The topological polar surface area (TPSA) is 24.7 Å². The van der Waals surface area contributed by atoms with Crippen LogP contribution in [0.2, 0.25) is 0 Å².